The average Bonchev–Trinajstić information content (AvgIpc) is 2.18. The van der Waals surface area contributed by atoms with Crippen LogP contribution < -0.4 is 14.9 Å². The third kappa shape index (κ3) is 2.03. The van der Waals surface area contributed by atoms with Crippen LogP contribution >= 0.6 is 0 Å². The van der Waals surface area contributed by atoms with Gasteiger partial charge in [-0.2, -0.15) is 8.42 Å². The lowest BCUT2D eigenvalue weighted by Crippen LogP contribution is -2.60. The molecule has 1 saturated heterocycles. The molecule has 0 saturated carbocycles. The van der Waals surface area contributed by atoms with Crippen LogP contribution in [0.3, 0.4) is 0 Å². The topological polar surface area (TPSA) is 108 Å². The number of nitrogens with one attached hydrogen (secondary N) is 3. The van der Waals surface area contributed by atoms with Crippen molar-refractivity contribution in [3.8, 4) is 0 Å². The number of amides is 1. The molecule has 0 radical (unpaired) electrons. The SMILES string of the molecule is CCC1(C(=O)NO)CNS(=O)(=O)NC1. The predicted octanol–water partition coefficient (Wildman–Crippen LogP) is -1.67. The Morgan fingerprint density at radius 2 is 2.00 bits per heavy atom. The van der Waals surface area contributed by atoms with Gasteiger partial charge in [-0.05, 0) is 6.42 Å². The first-order valence-corrected chi connectivity index (χ1v) is 5.63. The van der Waals surface area contributed by atoms with E-state index >= 15 is 0 Å². The molecule has 0 aromatic rings. The van der Waals surface area contributed by atoms with Gasteiger partial charge >= 0.3 is 0 Å². The van der Waals surface area contributed by atoms with E-state index in [1.807, 2.05) is 0 Å². The first-order chi connectivity index (χ1) is 6.46. The van der Waals surface area contributed by atoms with Crippen LogP contribution in [0.1, 0.15) is 13.3 Å². The number of hydrogen-bond acceptors (Lipinski definition) is 4. The Labute approximate surface area is 82.0 Å². The van der Waals surface area contributed by atoms with Crippen molar-refractivity contribution in [2.75, 3.05) is 13.1 Å². The van der Waals surface area contributed by atoms with Crippen molar-refractivity contribution in [3.63, 3.8) is 0 Å². The van der Waals surface area contributed by atoms with Crippen LogP contribution in [0.4, 0.5) is 0 Å². The Morgan fingerprint density at radius 3 is 2.36 bits per heavy atom. The zero-order valence-corrected chi connectivity index (χ0v) is 8.52. The Kier molecular flexibility index (Phi) is 3.10. The van der Waals surface area contributed by atoms with Gasteiger partial charge in [-0.1, -0.05) is 6.92 Å². The van der Waals surface area contributed by atoms with Crippen LogP contribution in [0.5, 0.6) is 0 Å². The standard InChI is InChI=1S/C6H13N3O4S/c1-2-6(5(10)9-11)3-7-14(12,13)8-4-6/h7-8,11H,2-4H2,1H3,(H,9,10). The third-order valence-corrected chi connectivity index (χ3v) is 3.51. The van der Waals surface area contributed by atoms with E-state index < -0.39 is 21.5 Å². The van der Waals surface area contributed by atoms with Gasteiger partial charge in [0.2, 0.25) is 0 Å². The molecule has 0 aliphatic carbocycles. The van der Waals surface area contributed by atoms with E-state index in [0.29, 0.717) is 6.42 Å². The lowest BCUT2D eigenvalue weighted by atomic mass is 9.84. The molecule has 1 aliphatic heterocycles. The molecule has 7 nitrogen and oxygen atoms in total. The van der Waals surface area contributed by atoms with Crippen molar-refractivity contribution in [1.29, 1.82) is 0 Å². The van der Waals surface area contributed by atoms with Gasteiger partial charge in [-0.3, -0.25) is 10.0 Å². The van der Waals surface area contributed by atoms with Gasteiger partial charge in [0.05, 0.1) is 5.41 Å². The van der Waals surface area contributed by atoms with Crippen molar-refractivity contribution < 1.29 is 18.4 Å². The van der Waals surface area contributed by atoms with E-state index in [4.69, 9.17) is 5.21 Å². The Hall–Kier alpha value is -0.700. The summed E-state index contributed by atoms with van der Waals surface area (Å²) in [6.07, 6.45) is 0.426. The molecular formula is C6H13N3O4S. The van der Waals surface area contributed by atoms with Crippen molar-refractivity contribution in [1.82, 2.24) is 14.9 Å². The van der Waals surface area contributed by atoms with E-state index in [-0.39, 0.29) is 13.1 Å². The van der Waals surface area contributed by atoms with E-state index in [9.17, 15) is 13.2 Å². The normalized spacial score (nSPS) is 24.1. The fourth-order valence-electron chi connectivity index (χ4n) is 1.27. The Balaban J connectivity index is 2.81. The second-order valence-corrected chi connectivity index (χ2v) is 4.80. The molecule has 0 unspecified atom stereocenters. The Bertz CT molecular complexity index is 312. The summed E-state index contributed by atoms with van der Waals surface area (Å²) in [7, 11) is -3.47. The molecule has 0 spiro atoms. The fourth-order valence-corrected chi connectivity index (χ4v) is 2.30. The molecule has 1 heterocycles. The molecular weight excluding hydrogens is 210 g/mol. The maximum atomic E-state index is 11.3. The van der Waals surface area contributed by atoms with Crippen LogP contribution in [0.25, 0.3) is 0 Å². The quantitative estimate of drug-likeness (QED) is 0.331. The number of hydrogen-bond donors (Lipinski definition) is 4. The number of carbonyl (C=O) groups is 1. The highest BCUT2D eigenvalue weighted by molar-refractivity contribution is 7.87. The minimum absolute atomic E-state index is 0.00870. The molecule has 1 fully saturated rings. The number of carbonyl (C=O) groups excluding carboxylic acids is 1. The van der Waals surface area contributed by atoms with Gasteiger partial charge in [0, 0.05) is 13.1 Å². The van der Waals surface area contributed by atoms with Crippen molar-refractivity contribution in [2.24, 2.45) is 5.41 Å². The van der Waals surface area contributed by atoms with Crippen LogP contribution in [-0.4, -0.2) is 32.6 Å². The average molecular weight is 223 g/mol. The minimum Gasteiger partial charge on any atom is -0.289 e. The van der Waals surface area contributed by atoms with Crippen molar-refractivity contribution >= 4 is 16.1 Å². The molecule has 4 N–H and O–H groups in total. The summed E-state index contributed by atoms with van der Waals surface area (Å²) < 4.78 is 26.3. The van der Waals surface area contributed by atoms with Crippen LogP contribution in [0.15, 0.2) is 0 Å². The van der Waals surface area contributed by atoms with Gasteiger partial charge in [0.25, 0.3) is 16.1 Å². The van der Waals surface area contributed by atoms with E-state index in [0.717, 1.165) is 0 Å². The number of hydroxylamine groups is 1. The highest BCUT2D eigenvalue weighted by Crippen LogP contribution is 2.23. The lowest BCUT2D eigenvalue weighted by molar-refractivity contribution is -0.139. The molecule has 0 aromatic heterocycles. The Morgan fingerprint density at radius 1 is 1.50 bits per heavy atom. The van der Waals surface area contributed by atoms with E-state index in [1.165, 1.54) is 0 Å². The second kappa shape index (κ2) is 3.81. The monoisotopic (exact) mass is 223 g/mol. The first-order valence-electron chi connectivity index (χ1n) is 4.14. The van der Waals surface area contributed by atoms with Crippen LogP contribution in [0, 0.1) is 5.41 Å². The highest BCUT2D eigenvalue weighted by atomic mass is 32.2. The van der Waals surface area contributed by atoms with Gasteiger partial charge in [-0.25, -0.2) is 14.9 Å². The first kappa shape index (κ1) is 11.4. The summed E-state index contributed by atoms with van der Waals surface area (Å²) in [6, 6.07) is 0. The van der Waals surface area contributed by atoms with Gasteiger partial charge in [0.15, 0.2) is 0 Å². The fraction of sp³-hybridized carbons (Fsp3) is 0.833. The van der Waals surface area contributed by atoms with Crippen LogP contribution in [0.2, 0.25) is 0 Å². The maximum absolute atomic E-state index is 11.3. The smallest absolute Gasteiger partial charge is 0.276 e. The predicted molar refractivity (Wildman–Crippen MR) is 47.6 cm³/mol. The zero-order valence-electron chi connectivity index (χ0n) is 7.70. The molecule has 8 heteroatoms. The molecule has 82 valence electrons. The minimum atomic E-state index is -3.47. The van der Waals surface area contributed by atoms with Gasteiger partial charge < -0.3 is 0 Å². The van der Waals surface area contributed by atoms with Crippen molar-refractivity contribution in [2.45, 2.75) is 13.3 Å². The lowest BCUT2D eigenvalue weighted by Gasteiger charge is -2.34. The molecule has 1 amide bonds. The number of rotatable bonds is 2. The molecule has 0 aromatic carbocycles. The molecule has 0 bridgehead atoms. The molecule has 1 rings (SSSR count). The maximum Gasteiger partial charge on any atom is 0.276 e. The summed E-state index contributed by atoms with van der Waals surface area (Å²) in [5, 5.41) is 8.51. The van der Waals surface area contributed by atoms with E-state index in [1.54, 1.807) is 12.4 Å². The van der Waals surface area contributed by atoms with E-state index in [2.05, 4.69) is 9.44 Å². The molecule has 14 heavy (non-hydrogen) atoms. The zero-order chi connectivity index (χ0) is 10.8. The highest BCUT2D eigenvalue weighted by Gasteiger charge is 2.41. The van der Waals surface area contributed by atoms with Crippen molar-refractivity contribution in [3.05, 3.63) is 0 Å². The summed E-state index contributed by atoms with van der Waals surface area (Å²) in [6.45, 7) is 1.73. The largest absolute Gasteiger partial charge is 0.289 e. The summed E-state index contributed by atoms with van der Waals surface area (Å²) in [5.41, 5.74) is 0.623. The third-order valence-electron chi connectivity index (χ3n) is 2.46. The van der Waals surface area contributed by atoms with Crippen LogP contribution in [-0.2, 0) is 15.0 Å². The summed E-state index contributed by atoms with van der Waals surface area (Å²) >= 11 is 0. The van der Waals surface area contributed by atoms with Gasteiger partial charge in [0.1, 0.15) is 0 Å². The summed E-state index contributed by atoms with van der Waals surface area (Å²) in [4.78, 5) is 11.3. The molecule has 1 aliphatic rings. The second-order valence-electron chi connectivity index (χ2n) is 3.22. The van der Waals surface area contributed by atoms with Gasteiger partial charge in [-0.15, -0.1) is 0 Å². The summed E-state index contributed by atoms with van der Waals surface area (Å²) in [5.74, 6) is -0.588. The molecule has 0 atom stereocenters.